The molecule has 266 valence electrons. The number of benzene rings is 2. The molecule has 7 nitrogen and oxygen atoms in total. The Morgan fingerprint density at radius 2 is 1.59 bits per heavy atom. The number of nitrogens with one attached hydrogen (secondary N) is 1. The van der Waals surface area contributed by atoms with E-state index in [2.05, 4.69) is 5.32 Å². The lowest BCUT2D eigenvalue weighted by atomic mass is 9.86. The van der Waals surface area contributed by atoms with Crippen molar-refractivity contribution >= 4 is 11.9 Å². The fraction of sp³-hybridized carbons (Fsp3) is 0.472. The molecular formula is C36H41F6N3O4. The number of pyridine rings is 1. The highest BCUT2D eigenvalue weighted by Gasteiger charge is 2.37. The summed E-state index contributed by atoms with van der Waals surface area (Å²) in [5, 5.41) is 12.3. The minimum Gasteiger partial charge on any atom is -0.481 e. The van der Waals surface area contributed by atoms with Crippen molar-refractivity contribution in [1.29, 1.82) is 0 Å². The number of aromatic nitrogens is 1. The highest BCUT2D eigenvalue weighted by Crippen LogP contribution is 2.43. The van der Waals surface area contributed by atoms with Gasteiger partial charge in [0.05, 0.1) is 18.0 Å². The normalized spacial score (nSPS) is 14.3. The van der Waals surface area contributed by atoms with Crippen LogP contribution in [0.5, 0.6) is 0 Å². The first kappa shape index (κ1) is 37.7. The zero-order valence-corrected chi connectivity index (χ0v) is 28.3. The number of carbonyl (C=O) groups excluding carboxylic acids is 1. The summed E-state index contributed by atoms with van der Waals surface area (Å²) in [6.45, 7) is 6.80. The van der Waals surface area contributed by atoms with Crippen molar-refractivity contribution in [1.82, 2.24) is 14.8 Å². The van der Waals surface area contributed by atoms with E-state index in [-0.39, 0.29) is 48.4 Å². The molecule has 13 heteroatoms. The summed E-state index contributed by atoms with van der Waals surface area (Å²) in [7, 11) is 3.34. The van der Waals surface area contributed by atoms with Gasteiger partial charge in [-0.1, -0.05) is 13.8 Å². The molecule has 0 spiro atoms. The zero-order valence-electron chi connectivity index (χ0n) is 28.3. The molecule has 1 aromatic heterocycles. The molecule has 1 heterocycles. The Labute approximate surface area is 280 Å². The number of likely N-dealkylation sites (N-methyl/N-ethyl adjacent to an activating group) is 1. The first-order chi connectivity index (χ1) is 22.8. The van der Waals surface area contributed by atoms with Crippen molar-refractivity contribution in [2.24, 2.45) is 5.92 Å². The van der Waals surface area contributed by atoms with Gasteiger partial charge in [0.2, 0.25) is 5.91 Å². The van der Waals surface area contributed by atoms with Crippen LogP contribution in [-0.4, -0.2) is 47.1 Å². The molecule has 0 bridgehead atoms. The summed E-state index contributed by atoms with van der Waals surface area (Å²) in [6.07, 6.45) is -3.92. The molecule has 1 aliphatic rings. The Kier molecular flexibility index (Phi) is 11.4. The molecule has 0 radical (unpaired) electrons. The maximum atomic E-state index is 16.8. The van der Waals surface area contributed by atoms with E-state index < -0.39 is 70.7 Å². The van der Waals surface area contributed by atoms with Crippen LogP contribution in [0.4, 0.5) is 26.3 Å². The standard InChI is InChI=1S/C36H41F6N3O4/c1-18(2)12-27(45-17-21(10-11-44(5)6)25(15-28(45)46)36(40,41)42)35(49)43-26(16-29(47)48)32-33(38)24-9-7-8-23(24)31(34(32)39)30-19(3)13-22(37)14-20(30)4/h13-15,17-18,26-27H,7-12,16H2,1-6H3,(H,43,49)(H,47,48)/t26-,27+/m0/s1. The van der Waals surface area contributed by atoms with Gasteiger partial charge in [-0.05, 0) is 111 Å². The molecular weight excluding hydrogens is 652 g/mol. The lowest BCUT2D eigenvalue weighted by Gasteiger charge is -2.28. The molecule has 2 atom stereocenters. The van der Waals surface area contributed by atoms with Gasteiger partial charge in [-0.2, -0.15) is 13.2 Å². The van der Waals surface area contributed by atoms with E-state index >= 15 is 8.78 Å². The average molecular weight is 694 g/mol. The second-order valence-corrected chi connectivity index (χ2v) is 13.5. The lowest BCUT2D eigenvalue weighted by molar-refractivity contribution is -0.139. The number of carbonyl (C=O) groups is 2. The fourth-order valence-electron chi connectivity index (χ4n) is 6.76. The van der Waals surface area contributed by atoms with Crippen molar-refractivity contribution in [3.05, 3.63) is 91.1 Å². The summed E-state index contributed by atoms with van der Waals surface area (Å²) in [5.41, 5.74) is -1.51. The lowest BCUT2D eigenvalue weighted by Crippen LogP contribution is -2.41. The topological polar surface area (TPSA) is 91.6 Å². The second-order valence-electron chi connectivity index (χ2n) is 13.5. The monoisotopic (exact) mass is 693 g/mol. The number of alkyl halides is 3. The van der Waals surface area contributed by atoms with E-state index in [9.17, 15) is 37.1 Å². The van der Waals surface area contributed by atoms with Crippen LogP contribution < -0.4 is 10.9 Å². The van der Waals surface area contributed by atoms with Crippen molar-refractivity contribution in [3.8, 4) is 11.1 Å². The molecule has 4 rings (SSSR count). The van der Waals surface area contributed by atoms with Crippen LogP contribution in [0.2, 0.25) is 0 Å². The highest BCUT2D eigenvalue weighted by atomic mass is 19.4. The third kappa shape index (κ3) is 8.20. The van der Waals surface area contributed by atoms with Crippen LogP contribution >= 0.6 is 0 Å². The summed E-state index contributed by atoms with van der Waals surface area (Å²) in [5.74, 6) is -5.41. The van der Waals surface area contributed by atoms with E-state index in [4.69, 9.17) is 0 Å². The molecule has 0 saturated heterocycles. The van der Waals surface area contributed by atoms with Gasteiger partial charge in [0, 0.05) is 29.9 Å². The summed E-state index contributed by atoms with van der Waals surface area (Å²) >= 11 is 0. The third-order valence-electron chi connectivity index (χ3n) is 8.90. The number of carboxylic acids is 1. The number of carboxylic acid groups (broad SMARTS) is 1. The van der Waals surface area contributed by atoms with Crippen molar-refractivity contribution in [2.45, 2.75) is 84.5 Å². The van der Waals surface area contributed by atoms with Crippen LogP contribution in [0.1, 0.15) is 84.1 Å². The predicted molar refractivity (Wildman–Crippen MR) is 173 cm³/mol. The van der Waals surface area contributed by atoms with Gasteiger partial charge >= 0.3 is 12.1 Å². The van der Waals surface area contributed by atoms with Crippen molar-refractivity contribution in [3.63, 3.8) is 0 Å². The van der Waals surface area contributed by atoms with E-state index in [1.54, 1.807) is 46.7 Å². The smallest absolute Gasteiger partial charge is 0.416 e. The molecule has 0 saturated carbocycles. The molecule has 0 unspecified atom stereocenters. The van der Waals surface area contributed by atoms with Gasteiger partial charge < -0.3 is 19.9 Å². The molecule has 1 aliphatic carbocycles. The van der Waals surface area contributed by atoms with Gasteiger partial charge in [0.25, 0.3) is 5.56 Å². The number of halogens is 6. The molecule has 0 aliphatic heterocycles. The summed E-state index contributed by atoms with van der Waals surface area (Å²) in [6, 6.07) is -0.337. The van der Waals surface area contributed by atoms with Crippen LogP contribution in [0, 0.1) is 37.2 Å². The van der Waals surface area contributed by atoms with Gasteiger partial charge in [0.1, 0.15) is 23.5 Å². The van der Waals surface area contributed by atoms with Gasteiger partial charge in [-0.15, -0.1) is 0 Å². The fourth-order valence-corrected chi connectivity index (χ4v) is 6.76. The van der Waals surface area contributed by atoms with E-state index in [1.165, 1.54) is 12.1 Å². The number of amides is 1. The Bertz CT molecular complexity index is 1790. The number of fused-ring (bicyclic) bond motifs is 1. The van der Waals surface area contributed by atoms with Gasteiger partial charge in [-0.3, -0.25) is 14.4 Å². The number of aryl methyl sites for hydroxylation is 2. The van der Waals surface area contributed by atoms with E-state index in [1.807, 2.05) is 0 Å². The van der Waals surface area contributed by atoms with E-state index in [0.717, 1.165) is 10.8 Å². The maximum Gasteiger partial charge on any atom is 0.416 e. The summed E-state index contributed by atoms with van der Waals surface area (Å²) in [4.78, 5) is 41.0. The van der Waals surface area contributed by atoms with Crippen LogP contribution in [0.25, 0.3) is 11.1 Å². The minimum atomic E-state index is -4.84. The maximum absolute atomic E-state index is 16.8. The Hall–Kier alpha value is -4.13. The predicted octanol–water partition coefficient (Wildman–Crippen LogP) is 7.08. The van der Waals surface area contributed by atoms with Gasteiger partial charge in [-0.25, -0.2) is 13.2 Å². The SMILES string of the molecule is Cc1cc(F)cc(C)c1-c1c(F)c([C@H](CC(=O)O)NC(=O)[C@@H](CC(C)C)n2cc(CCN(C)C)c(C(F)(F)F)cc2=O)c(F)c2c1CCC2. The number of hydrogen-bond donors (Lipinski definition) is 2. The number of nitrogens with zero attached hydrogens (tertiary/aromatic N) is 2. The van der Waals surface area contributed by atoms with Crippen molar-refractivity contribution in [2.75, 3.05) is 20.6 Å². The molecule has 2 aromatic carbocycles. The largest absolute Gasteiger partial charge is 0.481 e. The first-order valence-corrected chi connectivity index (χ1v) is 16.1. The summed E-state index contributed by atoms with van der Waals surface area (Å²) < 4.78 is 90.0. The average Bonchev–Trinajstić information content (AvgIpc) is 3.45. The number of rotatable bonds is 12. The Balaban J connectivity index is 1.88. The number of hydrogen-bond acceptors (Lipinski definition) is 4. The third-order valence-corrected chi connectivity index (χ3v) is 8.90. The molecule has 1 amide bonds. The highest BCUT2D eigenvalue weighted by molar-refractivity contribution is 5.82. The Morgan fingerprint density at radius 1 is 0.980 bits per heavy atom. The molecule has 0 fully saturated rings. The molecule has 3 aromatic rings. The minimum absolute atomic E-state index is 0.00626. The van der Waals surface area contributed by atoms with Gasteiger partial charge in [0.15, 0.2) is 0 Å². The van der Waals surface area contributed by atoms with E-state index in [0.29, 0.717) is 41.2 Å². The van der Waals surface area contributed by atoms with Crippen LogP contribution in [-0.2, 0) is 35.0 Å². The molecule has 2 N–H and O–H groups in total. The van der Waals surface area contributed by atoms with Crippen molar-refractivity contribution < 1.29 is 41.0 Å². The second kappa shape index (κ2) is 14.8. The first-order valence-electron chi connectivity index (χ1n) is 16.1. The zero-order chi connectivity index (χ0) is 36.5. The number of aliphatic carboxylic acids is 1. The Morgan fingerprint density at radius 3 is 2.14 bits per heavy atom. The quantitative estimate of drug-likeness (QED) is 0.198. The van der Waals surface area contributed by atoms with Crippen LogP contribution in [0.3, 0.4) is 0 Å². The molecule has 49 heavy (non-hydrogen) atoms. The van der Waals surface area contributed by atoms with Crippen LogP contribution in [0.15, 0.2) is 29.2 Å².